The molecule has 5 fully saturated rings. The van der Waals surface area contributed by atoms with E-state index >= 15 is 0 Å². The van der Waals surface area contributed by atoms with Crippen LogP contribution in [0.3, 0.4) is 0 Å². The van der Waals surface area contributed by atoms with Crippen LogP contribution in [0.5, 0.6) is 0 Å². The first-order valence-electron chi connectivity index (χ1n) is 5.11. The maximum absolute atomic E-state index is 14.0. The highest BCUT2D eigenvalue weighted by atomic mass is 19.1. The van der Waals surface area contributed by atoms with Gasteiger partial charge in [0.05, 0.1) is 0 Å². The van der Waals surface area contributed by atoms with Gasteiger partial charge in [-0.1, -0.05) is 0 Å². The Morgan fingerprint density at radius 2 is 2.08 bits per heavy atom. The molecule has 0 saturated heterocycles. The van der Waals surface area contributed by atoms with Crippen LogP contribution in [-0.4, -0.2) is 11.2 Å². The molecule has 0 heterocycles. The van der Waals surface area contributed by atoms with Crippen molar-refractivity contribution >= 4 is 0 Å². The molecule has 5 aliphatic rings. The Balaban J connectivity index is 1.89. The van der Waals surface area contributed by atoms with Crippen molar-refractivity contribution in [2.45, 2.75) is 36.9 Å². The number of hydrogen-bond acceptors (Lipinski definition) is 1. The van der Waals surface area contributed by atoms with Crippen LogP contribution in [0.1, 0.15) is 25.7 Å². The zero-order valence-corrected chi connectivity index (χ0v) is 7.09. The molecule has 0 spiro atoms. The highest BCUT2D eigenvalue weighted by molar-refractivity contribution is 5.33. The molecular formula is C10H14FN. The number of nitrogens with two attached hydrogens (primary N) is 1. The highest BCUT2D eigenvalue weighted by Crippen LogP contribution is 2.77. The molecule has 6 atom stereocenters. The summed E-state index contributed by atoms with van der Waals surface area (Å²) in [5.74, 6) is 2.52. The summed E-state index contributed by atoms with van der Waals surface area (Å²) in [6, 6.07) is 0. The van der Waals surface area contributed by atoms with Gasteiger partial charge in [0.2, 0.25) is 0 Å². The minimum Gasteiger partial charge on any atom is -0.324 e. The van der Waals surface area contributed by atoms with Gasteiger partial charge >= 0.3 is 0 Å². The van der Waals surface area contributed by atoms with Gasteiger partial charge < -0.3 is 5.73 Å². The van der Waals surface area contributed by atoms with Gasteiger partial charge in [0, 0.05) is 5.54 Å². The van der Waals surface area contributed by atoms with Gasteiger partial charge in [-0.2, -0.15) is 0 Å². The van der Waals surface area contributed by atoms with Crippen LogP contribution in [0.15, 0.2) is 0 Å². The van der Waals surface area contributed by atoms with Crippen LogP contribution in [0.2, 0.25) is 0 Å². The molecule has 66 valence electrons. The summed E-state index contributed by atoms with van der Waals surface area (Å²) in [7, 11) is 0. The normalized spacial score (nSPS) is 76.5. The summed E-state index contributed by atoms with van der Waals surface area (Å²) in [5.41, 5.74) is 5.65. The predicted molar refractivity (Wildman–Crippen MR) is 43.2 cm³/mol. The Bertz CT molecular complexity index is 269. The van der Waals surface area contributed by atoms with E-state index in [9.17, 15) is 4.39 Å². The van der Waals surface area contributed by atoms with E-state index in [1.165, 1.54) is 6.42 Å². The fraction of sp³-hybridized carbons (Fsp3) is 1.00. The topological polar surface area (TPSA) is 26.0 Å². The lowest BCUT2D eigenvalue weighted by Crippen LogP contribution is -2.47. The summed E-state index contributed by atoms with van der Waals surface area (Å²) >= 11 is 0. The molecule has 5 rings (SSSR count). The fourth-order valence-corrected chi connectivity index (χ4v) is 4.89. The zero-order valence-electron chi connectivity index (χ0n) is 7.09. The third kappa shape index (κ3) is 0.425. The first-order valence-corrected chi connectivity index (χ1v) is 5.11. The van der Waals surface area contributed by atoms with Gasteiger partial charge in [-0.25, -0.2) is 4.39 Å². The first-order chi connectivity index (χ1) is 5.63. The standard InChI is InChI=1S/C10H14FN/c11-9-2-5-1-6(3-9)10(12)7(4-9)8(5)10/h5-8H,1-4,12H2/t5?,6?,7?,8?,9?,10-/m0/s1. The van der Waals surface area contributed by atoms with E-state index in [0.29, 0.717) is 17.8 Å². The summed E-state index contributed by atoms with van der Waals surface area (Å²) < 4.78 is 14.0. The van der Waals surface area contributed by atoms with Crippen LogP contribution >= 0.6 is 0 Å². The number of rotatable bonds is 0. The lowest BCUT2D eigenvalue weighted by atomic mass is 9.65. The molecule has 4 bridgehead atoms. The Hall–Kier alpha value is -0.110. The van der Waals surface area contributed by atoms with E-state index in [0.717, 1.165) is 25.2 Å². The molecule has 0 aromatic rings. The largest absolute Gasteiger partial charge is 0.324 e. The summed E-state index contributed by atoms with van der Waals surface area (Å²) in [5, 5.41) is 0. The Morgan fingerprint density at radius 3 is 2.75 bits per heavy atom. The third-order valence-electron chi connectivity index (χ3n) is 5.17. The molecule has 0 aromatic heterocycles. The second kappa shape index (κ2) is 1.37. The van der Waals surface area contributed by atoms with Gasteiger partial charge in [0.1, 0.15) is 5.67 Å². The minimum atomic E-state index is -0.784. The highest BCUT2D eigenvalue weighted by Gasteiger charge is 2.80. The third-order valence-corrected chi connectivity index (χ3v) is 5.17. The SMILES string of the molecule is N[C@@]12C3CC4CC(F)(C3)CC1C42. The van der Waals surface area contributed by atoms with E-state index in [2.05, 4.69) is 0 Å². The fourth-order valence-electron chi connectivity index (χ4n) is 4.89. The maximum atomic E-state index is 14.0. The van der Waals surface area contributed by atoms with E-state index in [4.69, 9.17) is 5.73 Å². The smallest absolute Gasteiger partial charge is 0.112 e. The van der Waals surface area contributed by atoms with Crippen LogP contribution in [0.25, 0.3) is 0 Å². The monoisotopic (exact) mass is 167 g/mol. The Morgan fingerprint density at radius 1 is 1.25 bits per heavy atom. The second-order valence-electron chi connectivity index (χ2n) is 5.59. The molecule has 2 heteroatoms. The maximum Gasteiger partial charge on any atom is 0.112 e. The number of hydrogen-bond donors (Lipinski definition) is 1. The van der Waals surface area contributed by atoms with Crippen molar-refractivity contribution in [1.82, 2.24) is 0 Å². The molecule has 0 aromatic carbocycles. The van der Waals surface area contributed by atoms with Crippen molar-refractivity contribution in [1.29, 1.82) is 0 Å². The minimum absolute atomic E-state index is 0.122. The van der Waals surface area contributed by atoms with Crippen LogP contribution in [0.4, 0.5) is 4.39 Å². The molecule has 5 aliphatic carbocycles. The Labute approximate surface area is 71.5 Å². The average Bonchev–Trinajstić information content (AvgIpc) is 2.48. The molecule has 2 N–H and O–H groups in total. The molecule has 0 radical (unpaired) electrons. The van der Waals surface area contributed by atoms with E-state index < -0.39 is 5.67 Å². The molecule has 5 unspecified atom stereocenters. The first kappa shape index (κ1) is 6.36. The summed E-state index contributed by atoms with van der Waals surface area (Å²) in [6.45, 7) is 0. The van der Waals surface area contributed by atoms with Crippen molar-refractivity contribution in [2.24, 2.45) is 29.4 Å². The van der Waals surface area contributed by atoms with Crippen LogP contribution in [0, 0.1) is 23.7 Å². The quantitative estimate of drug-likeness (QED) is 0.581. The average molecular weight is 167 g/mol. The molecule has 0 amide bonds. The van der Waals surface area contributed by atoms with Crippen molar-refractivity contribution < 1.29 is 4.39 Å². The molecule has 5 saturated carbocycles. The van der Waals surface area contributed by atoms with Gasteiger partial charge in [0.25, 0.3) is 0 Å². The molecule has 1 nitrogen and oxygen atoms in total. The lowest BCUT2D eigenvalue weighted by Gasteiger charge is -2.44. The summed E-state index contributed by atoms with van der Waals surface area (Å²) in [4.78, 5) is 0. The van der Waals surface area contributed by atoms with Crippen LogP contribution < -0.4 is 5.73 Å². The zero-order chi connectivity index (χ0) is 8.14. The molecule has 0 aliphatic heterocycles. The Kier molecular flexibility index (Phi) is 0.726. The van der Waals surface area contributed by atoms with Gasteiger partial charge in [-0.05, 0) is 49.4 Å². The van der Waals surface area contributed by atoms with Crippen molar-refractivity contribution in [3.05, 3.63) is 0 Å². The lowest BCUT2D eigenvalue weighted by molar-refractivity contribution is -0.0107. The van der Waals surface area contributed by atoms with E-state index in [1.54, 1.807) is 0 Å². The van der Waals surface area contributed by atoms with Gasteiger partial charge in [-0.15, -0.1) is 0 Å². The van der Waals surface area contributed by atoms with Gasteiger partial charge in [-0.3, -0.25) is 0 Å². The predicted octanol–water partition coefficient (Wildman–Crippen LogP) is 1.47. The summed E-state index contributed by atoms with van der Waals surface area (Å²) in [6.07, 6.45) is 3.65. The van der Waals surface area contributed by atoms with Crippen molar-refractivity contribution in [2.75, 3.05) is 0 Å². The number of alkyl halides is 1. The molecular weight excluding hydrogens is 153 g/mol. The van der Waals surface area contributed by atoms with Crippen molar-refractivity contribution in [3.63, 3.8) is 0 Å². The van der Waals surface area contributed by atoms with E-state index in [1.807, 2.05) is 0 Å². The van der Waals surface area contributed by atoms with Crippen LogP contribution in [-0.2, 0) is 0 Å². The molecule has 12 heavy (non-hydrogen) atoms. The second-order valence-corrected chi connectivity index (χ2v) is 5.59. The van der Waals surface area contributed by atoms with Gasteiger partial charge in [0.15, 0.2) is 0 Å². The van der Waals surface area contributed by atoms with Crippen molar-refractivity contribution in [3.8, 4) is 0 Å². The van der Waals surface area contributed by atoms with E-state index in [-0.39, 0.29) is 5.54 Å². The number of halogens is 1.